The zero-order valence-corrected chi connectivity index (χ0v) is 13.2. The zero-order valence-electron chi connectivity index (χ0n) is 12.4. The number of benzene rings is 1. The van der Waals surface area contributed by atoms with E-state index in [-0.39, 0.29) is 12.5 Å². The molecule has 2 rings (SSSR count). The van der Waals surface area contributed by atoms with E-state index in [0.29, 0.717) is 4.88 Å². The van der Waals surface area contributed by atoms with Crippen LogP contribution in [-0.2, 0) is 0 Å². The van der Waals surface area contributed by atoms with Gasteiger partial charge < -0.3 is 11.1 Å². The maximum Gasteiger partial charge on any atom is 0.267 e. The summed E-state index contributed by atoms with van der Waals surface area (Å²) in [5.74, 6) is 5.59. The standard InChI is InChI=1S/C17H18N2OS/c1-11-9-12(2)15(13(3)10-11)19-17(20)16-14(5-4-7-18)6-8-21-16/h6,8-10H,7,18H2,1-3H3,(H,19,20). The van der Waals surface area contributed by atoms with Crippen molar-refractivity contribution in [1.82, 2.24) is 0 Å². The molecule has 3 nitrogen and oxygen atoms in total. The number of carbonyl (C=O) groups is 1. The number of nitrogens with one attached hydrogen (secondary N) is 1. The van der Waals surface area contributed by atoms with Crippen LogP contribution < -0.4 is 11.1 Å². The molecule has 0 bridgehead atoms. The Morgan fingerprint density at radius 1 is 1.29 bits per heavy atom. The molecule has 0 atom stereocenters. The Bertz CT molecular complexity index is 712. The second kappa shape index (κ2) is 6.57. The second-order valence-corrected chi connectivity index (χ2v) is 5.81. The smallest absolute Gasteiger partial charge is 0.267 e. The van der Waals surface area contributed by atoms with Gasteiger partial charge in [0.25, 0.3) is 5.91 Å². The van der Waals surface area contributed by atoms with Crippen molar-refractivity contribution in [2.75, 3.05) is 11.9 Å². The number of hydrogen-bond acceptors (Lipinski definition) is 3. The number of carbonyl (C=O) groups excluding carboxylic acids is 1. The van der Waals surface area contributed by atoms with Crippen molar-refractivity contribution in [3.63, 3.8) is 0 Å². The van der Waals surface area contributed by atoms with Gasteiger partial charge in [0.1, 0.15) is 4.88 Å². The highest BCUT2D eigenvalue weighted by Crippen LogP contribution is 2.24. The monoisotopic (exact) mass is 298 g/mol. The average Bonchev–Trinajstić information content (AvgIpc) is 2.88. The van der Waals surface area contributed by atoms with Gasteiger partial charge in [0.15, 0.2) is 0 Å². The summed E-state index contributed by atoms with van der Waals surface area (Å²) in [6, 6.07) is 5.97. The van der Waals surface area contributed by atoms with E-state index in [1.54, 1.807) is 0 Å². The van der Waals surface area contributed by atoms with Gasteiger partial charge in [0.2, 0.25) is 0 Å². The second-order valence-electron chi connectivity index (χ2n) is 4.90. The van der Waals surface area contributed by atoms with Crippen LogP contribution in [0.3, 0.4) is 0 Å². The van der Waals surface area contributed by atoms with E-state index in [1.807, 2.05) is 32.2 Å². The summed E-state index contributed by atoms with van der Waals surface area (Å²) >= 11 is 1.39. The van der Waals surface area contributed by atoms with Gasteiger partial charge in [-0.1, -0.05) is 29.5 Å². The Labute approximate surface area is 129 Å². The van der Waals surface area contributed by atoms with Crippen molar-refractivity contribution >= 4 is 22.9 Å². The van der Waals surface area contributed by atoms with Crippen molar-refractivity contribution in [3.05, 3.63) is 50.7 Å². The first-order valence-electron chi connectivity index (χ1n) is 6.68. The van der Waals surface area contributed by atoms with Gasteiger partial charge in [-0.15, -0.1) is 11.3 Å². The molecule has 1 aromatic carbocycles. The minimum absolute atomic E-state index is 0.124. The van der Waals surface area contributed by atoms with Gasteiger partial charge in [0, 0.05) is 11.3 Å². The topological polar surface area (TPSA) is 55.1 Å². The van der Waals surface area contributed by atoms with Crippen LogP contribution in [0.1, 0.15) is 31.9 Å². The number of aryl methyl sites for hydroxylation is 3. The van der Waals surface area contributed by atoms with Gasteiger partial charge in [-0.3, -0.25) is 4.79 Å². The number of thiophene rings is 1. The molecule has 1 amide bonds. The van der Waals surface area contributed by atoms with Crippen molar-refractivity contribution in [3.8, 4) is 11.8 Å². The number of hydrogen-bond donors (Lipinski definition) is 2. The summed E-state index contributed by atoms with van der Waals surface area (Å²) in [5.41, 5.74) is 10.3. The van der Waals surface area contributed by atoms with Gasteiger partial charge in [-0.25, -0.2) is 0 Å². The molecule has 0 aliphatic carbocycles. The zero-order chi connectivity index (χ0) is 15.4. The van der Waals surface area contributed by atoms with Crippen LogP contribution in [0.2, 0.25) is 0 Å². The molecule has 4 heteroatoms. The van der Waals surface area contributed by atoms with Crippen molar-refractivity contribution < 1.29 is 4.79 Å². The largest absolute Gasteiger partial charge is 0.321 e. The predicted molar refractivity (Wildman–Crippen MR) is 88.9 cm³/mol. The molecule has 3 N–H and O–H groups in total. The molecular formula is C17H18N2OS. The van der Waals surface area contributed by atoms with E-state index in [1.165, 1.54) is 16.9 Å². The van der Waals surface area contributed by atoms with Crippen molar-refractivity contribution in [1.29, 1.82) is 0 Å². The highest BCUT2D eigenvalue weighted by atomic mass is 32.1. The summed E-state index contributed by atoms with van der Waals surface area (Å²) < 4.78 is 0. The quantitative estimate of drug-likeness (QED) is 0.836. The van der Waals surface area contributed by atoms with Crippen LogP contribution in [0.15, 0.2) is 23.6 Å². The van der Waals surface area contributed by atoms with Crippen LogP contribution in [0.5, 0.6) is 0 Å². The van der Waals surface area contributed by atoms with Crippen molar-refractivity contribution in [2.45, 2.75) is 20.8 Å². The fourth-order valence-corrected chi connectivity index (χ4v) is 3.02. The third-order valence-corrected chi connectivity index (χ3v) is 4.03. The lowest BCUT2D eigenvalue weighted by molar-refractivity contribution is 0.103. The van der Waals surface area contributed by atoms with Crippen LogP contribution in [-0.4, -0.2) is 12.5 Å². The average molecular weight is 298 g/mol. The number of anilines is 1. The van der Waals surface area contributed by atoms with Gasteiger partial charge >= 0.3 is 0 Å². The lowest BCUT2D eigenvalue weighted by Crippen LogP contribution is -2.13. The molecule has 2 aromatic rings. The van der Waals surface area contributed by atoms with E-state index in [2.05, 4.69) is 29.3 Å². The van der Waals surface area contributed by atoms with Gasteiger partial charge in [-0.2, -0.15) is 0 Å². The minimum atomic E-state index is -0.124. The molecule has 1 aromatic heterocycles. The highest BCUT2D eigenvalue weighted by molar-refractivity contribution is 7.12. The fourth-order valence-electron chi connectivity index (χ4n) is 2.28. The third-order valence-electron chi connectivity index (χ3n) is 3.11. The minimum Gasteiger partial charge on any atom is -0.321 e. The van der Waals surface area contributed by atoms with Crippen molar-refractivity contribution in [2.24, 2.45) is 5.73 Å². The number of rotatable bonds is 2. The summed E-state index contributed by atoms with van der Waals surface area (Å²) in [6.07, 6.45) is 0. The summed E-state index contributed by atoms with van der Waals surface area (Å²) in [7, 11) is 0. The van der Waals surface area contributed by atoms with E-state index < -0.39 is 0 Å². The lowest BCUT2D eigenvalue weighted by atomic mass is 10.0. The molecule has 108 valence electrons. The molecule has 0 unspecified atom stereocenters. The maximum atomic E-state index is 12.4. The highest BCUT2D eigenvalue weighted by Gasteiger charge is 2.14. The molecule has 21 heavy (non-hydrogen) atoms. The molecule has 1 heterocycles. The Balaban J connectivity index is 2.29. The first-order valence-corrected chi connectivity index (χ1v) is 7.56. The van der Waals surface area contributed by atoms with Crippen LogP contribution in [0.25, 0.3) is 0 Å². The van der Waals surface area contributed by atoms with Gasteiger partial charge in [-0.05, 0) is 43.3 Å². The Morgan fingerprint density at radius 3 is 2.57 bits per heavy atom. The van der Waals surface area contributed by atoms with Crippen LogP contribution in [0.4, 0.5) is 5.69 Å². The summed E-state index contributed by atoms with van der Waals surface area (Å²) in [4.78, 5) is 13.1. The Hall–Kier alpha value is -2.09. The Morgan fingerprint density at radius 2 is 1.95 bits per heavy atom. The molecular weight excluding hydrogens is 280 g/mol. The predicted octanol–water partition coefficient (Wildman–Crippen LogP) is 3.24. The molecule has 0 radical (unpaired) electrons. The molecule has 0 fully saturated rings. The summed E-state index contributed by atoms with van der Waals surface area (Å²) in [6.45, 7) is 6.33. The third kappa shape index (κ3) is 3.52. The normalized spacial score (nSPS) is 9.90. The lowest BCUT2D eigenvalue weighted by Gasteiger charge is -2.12. The van der Waals surface area contributed by atoms with Gasteiger partial charge in [0.05, 0.1) is 6.54 Å². The molecule has 0 aliphatic heterocycles. The SMILES string of the molecule is Cc1cc(C)c(NC(=O)c2sccc2C#CCN)c(C)c1. The van der Waals surface area contributed by atoms with E-state index in [9.17, 15) is 4.79 Å². The maximum absolute atomic E-state index is 12.4. The van der Waals surface area contributed by atoms with Crippen LogP contribution in [0, 0.1) is 32.6 Å². The first kappa shape index (κ1) is 15.3. The molecule has 0 aliphatic rings. The number of amides is 1. The first-order chi connectivity index (χ1) is 10.0. The Kier molecular flexibility index (Phi) is 4.79. The molecule has 0 saturated heterocycles. The van der Waals surface area contributed by atoms with E-state index >= 15 is 0 Å². The van der Waals surface area contributed by atoms with Crippen LogP contribution >= 0.6 is 11.3 Å². The molecule has 0 saturated carbocycles. The fraction of sp³-hybridized carbons (Fsp3) is 0.235. The van der Waals surface area contributed by atoms with E-state index in [4.69, 9.17) is 5.73 Å². The summed E-state index contributed by atoms with van der Waals surface area (Å²) in [5, 5.41) is 4.86. The number of nitrogens with two attached hydrogens (primary N) is 1. The van der Waals surface area contributed by atoms with E-state index in [0.717, 1.165) is 22.4 Å². The molecule has 0 spiro atoms.